The van der Waals surface area contributed by atoms with E-state index in [4.69, 9.17) is 0 Å². The molecule has 9 aromatic rings. The standard InChI is InChI=1S/C49H37NS/c1-3-49(4-2)44-20-9-7-16-39(44)40-28-27-35(31-45(40)49)50(46-21-11-14-32-13-5-6-15-37(32)46)34-25-23-33(24-26-34)36-18-12-19-42-38(36)29-30-43-41-17-8-10-22-47(41)51-48(42)43/h5-31H,3-4H2,1-2H3. The maximum atomic E-state index is 2.49. The van der Waals surface area contributed by atoms with E-state index in [1.54, 1.807) is 0 Å². The van der Waals surface area contributed by atoms with Gasteiger partial charge in [-0.2, -0.15) is 0 Å². The lowest BCUT2D eigenvalue weighted by Gasteiger charge is -2.32. The summed E-state index contributed by atoms with van der Waals surface area (Å²) in [6, 6.07) is 61.1. The van der Waals surface area contributed by atoms with Crippen molar-refractivity contribution in [1.29, 1.82) is 0 Å². The largest absolute Gasteiger partial charge is 0.310 e. The lowest BCUT2D eigenvalue weighted by molar-refractivity contribution is 0.490. The molecule has 0 atom stereocenters. The Kier molecular flexibility index (Phi) is 6.91. The van der Waals surface area contributed by atoms with Crippen LogP contribution >= 0.6 is 11.3 Å². The van der Waals surface area contributed by atoms with Gasteiger partial charge in [0.25, 0.3) is 0 Å². The summed E-state index contributed by atoms with van der Waals surface area (Å²) in [7, 11) is 0. The van der Waals surface area contributed by atoms with Crippen LogP contribution in [0, 0.1) is 0 Å². The first-order valence-electron chi connectivity index (χ1n) is 18.1. The van der Waals surface area contributed by atoms with Crippen LogP contribution in [0.2, 0.25) is 0 Å². The highest BCUT2D eigenvalue weighted by molar-refractivity contribution is 7.26. The number of hydrogen-bond donors (Lipinski definition) is 0. The fraction of sp³-hybridized carbons (Fsp3) is 0.102. The predicted octanol–water partition coefficient (Wildman–Crippen LogP) is 14.6. The molecule has 51 heavy (non-hydrogen) atoms. The minimum absolute atomic E-state index is 0.00438. The zero-order chi connectivity index (χ0) is 34.1. The van der Waals surface area contributed by atoms with E-state index in [1.807, 2.05) is 11.3 Å². The molecule has 1 heterocycles. The minimum atomic E-state index is 0.00438. The van der Waals surface area contributed by atoms with Crippen molar-refractivity contribution in [2.75, 3.05) is 4.90 Å². The molecule has 0 saturated heterocycles. The van der Waals surface area contributed by atoms with E-state index in [-0.39, 0.29) is 5.41 Å². The van der Waals surface area contributed by atoms with Crippen molar-refractivity contribution in [3.63, 3.8) is 0 Å². The van der Waals surface area contributed by atoms with Crippen LogP contribution in [-0.2, 0) is 5.41 Å². The Labute approximate surface area is 303 Å². The third-order valence-corrected chi connectivity index (χ3v) is 12.8. The molecule has 0 aliphatic heterocycles. The molecule has 10 rings (SSSR count). The molecule has 0 bridgehead atoms. The third kappa shape index (κ3) is 4.46. The van der Waals surface area contributed by atoms with Gasteiger partial charge < -0.3 is 4.90 Å². The van der Waals surface area contributed by atoms with Gasteiger partial charge >= 0.3 is 0 Å². The number of nitrogens with zero attached hydrogens (tertiary/aromatic N) is 1. The second-order valence-electron chi connectivity index (χ2n) is 13.9. The first-order valence-corrected chi connectivity index (χ1v) is 19.0. The van der Waals surface area contributed by atoms with Crippen LogP contribution in [0.4, 0.5) is 17.1 Å². The molecular weight excluding hydrogens is 635 g/mol. The monoisotopic (exact) mass is 671 g/mol. The fourth-order valence-corrected chi connectivity index (χ4v) is 10.2. The molecule has 1 nitrogen and oxygen atoms in total. The highest BCUT2D eigenvalue weighted by atomic mass is 32.1. The van der Waals surface area contributed by atoms with Gasteiger partial charge in [0.15, 0.2) is 0 Å². The summed E-state index contributed by atoms with van der Waals surface area (Å²) in [4.78, 5) is 2.47. The quantitative estimate of drug-likeness (QED) is 0.170. The lowest BCUT2D eigenvalue weighted by atomic mass is 9.74. The van der Waals surface area contributed by atoms with E-state index in [9.17, 15) is 0 Å². The van der Waals surface area contributed by atoms with Gasteiger partial charge in [-0.15, -0.1) is 11.3 Å². The Bertz CT molecular complexity index is 2780. The summed E-state index contributed by atoms with van der Waals surface area (Å²) in [5, 5.41) is 7.78. The van der Waals surface area contributed by atoms with Crippen LogP contribution in [-0.4, -0.2) is 0 Å². The Hall–Kier alpha value is -5.70. The maximum Gasteiger partial charge on any atom is 0.0540 e. The van der Waals surface area contributed by atoms with Crippen molar-refractivity contribution in [2.45, 2.75) is 32.1 Å². The van der Waals surface area contributed by atoms with E-state index in [0.717, 1.165) is 18.5 Å². The van der Waals surface area contributed by atoms with Gasteiger partial charge in [0, 0.05) is 47.7 Å². The number of fused-ring (bicyclic) bond motifs is 9. The number of benzene rings is 8. The molecule has 0 radical (unpaired) electrons. The molecule has 0 fully saturated rings. The van der Waals surface area contributed by atoms with Crippen LogP contribution in [0.25, 0.3) is 64.0 Å². The van der Waals surface area contributed by atoms with Crippen LogP contribution in [0.15, 0.2) is 164 Å². The van der Waals surface area contributed by atoms with Gasteiger partial charge in [0.2, 0.25) is 0 Å². The number of hydrogen-bond acceptors (Lipinski definition) is 2. The summed E-state index contributed by atoms with van der Waals surface area (Å²) in [6.07, 6.45) is 2.14. The summed E-state index contributed by atoms with van der Waals surface area (Å²) < 4.78 is 2.71. The van der Waals surface area contributed by atoms with Gasteiger partial charge in [-0.25, -0.2) is 0 Å². The van der Waals surface area contributed by atoms with E-state index in [1.165, 1.54) is 86.5 Å². The van der Waals surface area contributed by atoms with E-state index < -0.39 is 0 Å². The van der Waals surface area contributed by atoms with Gasteiger partial charge in [0.05, 0.1) is 5.69 Å². The SMILES string of the molecule is CCC1(CC)c2ccccc2-c2ccc(N(c3ccc(-c4cccc5c4ccc4c6ccccc6sc54)cc3)c3cccc4ccccc34)cc21. The molecule has 0 amide bonds. The molecular formula is C49H37NS. The predicted molar refractivity (Wildman–Crippen MR) is 221 cm³/mol. The molecule has 1 aliphatic carbocycles. The molecule has 2 heteroatoms. The van der Waals surface area contributed by atoms with Crippen molar-refractivity contribution in [3.05, 3.63) is 175 Å². The van der Waals surface area contributed by atoms with Crippen molar-refractivity contribution in [3.8, 4) is 22.3 Å². The first kappa shape index (κ1) is 30.2. The molecule has 8 aromatic carbocycles. The first-order chi connectivity index (χ1) is 25.2. The second-order valence-corrected chi connectivity index (χ2v) is 14.9. The van der Waals surface area contributed by atoms with Crippen LogP contribution in [0.5, 0.6) is 0 Å². The molecule has 0 unspecified atom stereocenters. The molecule has 1 aliphatic rings. The number of thiophene rings is 1. The number of rotatable bonds is 6. The minimum Gasteiger partial charge on any atom is -0.310 e. The zero-order valence-electron chi connectivity index (χ0n) is 28.9. The normalized spacial score (nSPS) is 13.2. The van der Waals surface area contributed by atoms with E-state index in [0.29, 0.717) is 0 Å². The molecule has 0 saturated carbocycles. The molecule has 1 aromatic heterocycles. The molecule has 244 valence electrons. The average molecular weight is 672 g/mol. The van der Waals surface area contributed by atoms with Gasteiger partial charge in [0.1, 0.15) is 0 Å². The van der Waals surface area contributed by atoms with E-state index >= 15 is 0 Å². The Balaban J connectivity index is 1.14. The Morgan fingerprint density at radius 2 is 1.10 bits per heavy atom. The highest BCUT2D eigenvalue weighted by Gasteiger charge is 2.40. The average Bonchev–Trinajstić information content (AvgIpc) is 3.72. The smallest absolute Gasteiger partial charge is 0.0540 e. The van der Waals surface area contributed by atoms with Gasteiger partial charge in [-0.1, -0.05) is 141 Å². The third-order valence-electron chi connectivity index (χ3n) is 11.6. The van der Waals surface area contributed by atoms with Crippen molar-refractivity contribution < 1.29 is 0 Å². The van der Waals surface area contributed by atoms with Crippen molar-refractivity contribution >= 4 is 70.1 Å². The van der Waals surface area contributed by atoms with Gasteiger partial charge in [-0.05, 0) is 93.4 Å². The van der Waals surface area contributed by atoms with Crippen LogP contribution in [0.1, 0.15) is 37.8 Å². The van der Waals surface area contributed by atoms with Crippen LogP contribution < -0.4 is 4.90 Å². The maximum absolute atomic E-state index is 2.49. The summed E-state index contributed by atoms with van der Waals surface area (Å²) >= 11 is 1.90. The van der Waals surface area contributed by atoms with Gasteiger partial charge in [-0.3, -0.25) is 0 Å². The lowest BCUT2D eigenvalue weighted by Crippen LogP contribution is -2.23. The Morgan fingerprint density at radius 1 is 0.471 bits per heavy atom. The summed E-state index contributed by atoms with van der Waals surface area (Å²) in [5.74, 6) is 0. The number of anilines is 3. The Morgan fingerprint density at radius 3 is 1.96 bits per heavy atom. The van der Waals surface area contributed by atoms with E-state index in [2.05, 4.69) is 183 Å². The topological polar surface area (TPSA) is 3.24 Å². The summed E-state index contributed by atoms with van der Waals surface area (Å²) in [5.41, 5.74) is 11.7. The fourth-order valence-electron chi connectivity index (χ4n) is 9.01. The molecule has 0 spiro atoms. The zero-order valence-corrected chi connectivity index (χ0v) is 29.7. The van der Waals surface area contributed by atoms with Crippen molar-refractivity contribution in [2.24, 2.45) is 0 Å². The highest BCUT2D eigenvalue weighted by Crippen LogP contribution is 2.54. The summed E-state index contributed by atoms with van der Waals surface area (Å²) in [6.45, 7) is 4.70. The van der Waals surface area contributed by atoms with Crippen LogP contribution in [0.3, 0.4) is 0 Å². The second kappa shape index (κ2) is 11.7. The van der Waals surface area contributed by atoms with Crippen molar-refractivity contribution in [1.82, 2.24) is 0 Å². The molecule has 0 N–H and O–H groups in total.